The van der Waals surface area contributed by atoms with Crippen LogP contribution in [0.1, 0.15) is 11.4 Å². The van der Waals surface area contributed by atoms with Crippen molar-refractivity contribution in [2.24, 2.45) is 0 Å². The van der Waals surface area contributed by atoms with E-state index in [0.29, 0.717) is 0 Å². The Morgan fingerprint density at radius 2 is 2.00 bits per heavy atom. The van der Waals surface area contributed by atoms with Crippen molar-refractivity contribution in [2.75, 3.05) is 14.2 Å². The molecule has 17 heavy (non-hydrogen) atoms. The van der Waals surface area contributed by atoms with E-state index in [2.05, 4.69) is 11.2 Å². The van der Waals surface area contributed by atoms with E-state index in [1.165, 1.54) is 0 Å². The van der Waals surface area contributed by atoms with Crippen LogP contribution in [0.3, 0.4) is 0 Å². The number of hydrogen-bond acceptors (Lipinski definition) is 3. The number of nitrogens with zero attached hydrogens (tertiary/aromatic N) is 2. The quantitative estimate of drug-likeness (QED) is 0.808. The van der Waals surface area contributed by atoms with Crippen LogP contribution in [0.15, 0.2) is 24.4 Å². The Bertz CT molecular complexity index is 506. The summed E-state index contributed by atoms with van der Waals surface area (Å²) in [7, 11) is 3.27. The van der Waals surface area contributed by atoms with Crippen LogP contribution in [0.2, 0.25) is 0 Å². The fraction of sp³-hybridized carbons (Fsp3) is 0.308. The summed E-state index contributed by atoms with van der Waals surface area (Å²) < 4.78 is 12.5. The third-order valence-electron chi connectivity index (χ3n) is 2.66. The maximum absolute atomic E-state index is 5.27. The second-order valence-corrected chi connectivity index (χ2v) is 3.73. The van der Waals surface area contributed by atoms with Gasteiger partial charge in [0.25, 0.3) is 0 Å². The smallest absolute Gasteiger partial charge is 0.161 e. The van der Waals surface area contributed by atoms with Crippen molar-refractivity contribution >= 4 is 0 Å². The highest BCUT2D eigenvalue weighted by atomic mass is 16.5. The van der Waals surface area contributed by atoms with Gasteiger partial charge in [-0.05, 0) is 24.6 Å². The topological polar surface area (TPSA) is 36.3 Å². The number of methoxy groups -OCH3 is 2. The summed E-state index contributed by atoms with van der Waals surface area (Å²) in [5, 5.41) is 0. The molecule has 1 aromatic heterocycles. The fourth-order valence-electron chi connectivity index (χ4n) is 1.69. The Morgan fingerprint density at radius 1 is 1.24 bits per heavy atom. The van der Waals surface area contributed by atoms with Gasteiger partial charge in [-0.3, -0.25) is 0 Å². The first-order chi connectivity index (χ1) is 8.24. The molecule has 0 saturated heterocycles. The molecule has 0 aliphatic rings. The normalized spacial score (nSPS) is 10.3. The largest absolute Gasteiger partial charge is 0.493 e. The number of aromatic nitrogens is 2. The van der Waals surface area contributed by atoms with Gasteiger partial charge < -0.3 is 14.0 Å². The predicted molar refractivity (Wildman–Crippen MR) is 64.4 cm³/mol. The molecule has 0 aliphatic heterocycles. The lowest BCUT2D eigenvalue weighted by atomic mass is 10.2. The molecule has 2 rings (SSSR count). The summed E-state index contributed by atoms with van der Waals surface area (Å²) in [6, 6.07) is 5.89. The second kappa shape index (κ2) is 4.91. The van der Waals surface area contributed by atoms with E-state index in [-0.39, 0.29) is 0 Å². The van der Waals surface area contributed by atoms with Gasteiger partial charge in [0.05, 0.1) is 14.2 Å². The number of ether oxygens (including phenoxy) is 2. The molecule has 0 unspecified atom stereocenters. The molecule has 1 heterocycles. The van der Waals surface area contributed by atoms with Crippen molar-refractivity contribution < 1.29 is 9.47 Å². The summed E-state index contributed by atoms with van der Waals surface area (Å²) in [5.74, 6) is 2.43. The molecule has 0 aliphatic carbocycles. The van der Waals surface area contributed by atoms with Crippen LogP contribution in [0.25, 0.3) is 0 Å². The van der Waals surface area contributed by atoms with Crippen LogP contribution in [-0.2, 0) is 6.54 Å². The monoisotopic (exact) mass is 231 g/mol. The average Bonchev–Trinajstić information content (AvgIpc) is 2.75. The van der Waals surface area contributed by atoms with E-state index in [4.69, 9.17) is 9.47 Å². The zero-order chi connectivity index (χ0) is 12.3. The lowest BCUT2D eigenvalue weighted by Gasteiger charge is -2.10. The molecule has 0 spiro atoms. The molecule has 0 bridgehead atoms. The van der Waals surface area contributed by atoms with Crippen LogP contribution in [0.5, 0.6) is 11.5 Å². The molecule has 1 aromatic carbocycles. The Balaban J connectivity index is 2.25. The molecule has 2 aromatic rings. The van der Waals surface area contributed by atoms with Crippen molar-refractivity contribution in [3.63, 3.8) is 0 Å². The molecule has 0 fully saturated rings. The van der Waals surface area contributed by atoms with Gasteiger partial charge in [-0.1, -0.05) is 6.07 Å². The highest BCUT2D eigenvalue weighted by Crippen LogP contribution is 2.27. The summed E-state index contributed by atoms with van der Waals surface area (Å²) in [6.45, 7) is 2.71. The highest BCUT2D eigenvalue weighted by molar-refractivity contribution is 5.42. The van der Waals surface area contributed by atoms with Gasteiger partial charge in [-0.2, -0.15) is 0 Å². The Labute approximate surface area is 101 Å². The van der Waals surface area contributed by atoms with E-state index in [0.717, 1.165) is 29.4 Å². The van der Waals surface area contributed by atoms with Crippen molar-refractivity contribution in [1.29, 1.82) is 0 Å². The highest BCUT2D eigenvalue weighted by Gasteiger charge is 2.05. The SMILES string of the molecule is COc1ccc(Cn2c[c]nc2C)cc1OC. The van der Waals surface area contributed by atoms with Crippen molar-refractivity contribution in [3.05, 3.63) is 42.0 Å². The van der Waals surface area contributed by atoms with Gasteiger partial charge in [0.2, 0.25) is 0 Å². The third-order valence-corrected chi connectivity index (χ3v) is 2.66. The Kier molecular flexibility index (Phi) is 3.32. The van der Waals surface area contributed by atoms with Crippen LogP contribution in [0.4, 0.5) is 0 Å². The third kappa shape index (κ3) is 2.41. The van der Waals surface area contributed by atoms with Gasteiger partial charge in [-0.15, -0.1) is 0 Å². The minimum absolute atomic E-state index is 0.741. The zero-order valence-corrected chi connectivity index (χ0v) is 10.2. The first-order valence-electron chi connectivity index (χ1n) is 5.35. The number of rotatable bonds is 4. The van der Waals surface area contributed by atoms with Crippen molar-refractivity contribution in [1.82, 2.24) is 9.55 Å². The van der Waals surface area contributed by atoms with Crippen molar-refractivity contribution in [2.45, 2.75) is 13.5 Å². The molecule has 0 atom stereocenters. The lowest BCUT2D eigenvalue weighted by molar-refractivity contribution is 0.354. The summed E-state index contributed by atoms with van der Waals surface area (Å²) in [5.41, 5.74) is 1.14. The number of benzene rings is 1. The molecular weight excluding hydrogens is 216 g/mol. The maximum atomic E-state index is 5.27. The van der Waals surface area contributed by atoms with Crippen LogP contribution in [-0.4, -0.2) is 23.8 Å². The number of imidazole rings is 1. The first-order valence-corrected chi connectivity index (χ1v) is 5.35. The fourth-order valence-corrected chi connectivity index (χ4v) is 1.69. The average molecular weight is 231 g/mol. The van der Waals surface area contributed by atoms with E-state index in [1.54, 1.807) is 14.2 Å². The summed E-state index contributed by atoms with van der Waals surface area (Å²) in [4.78, 5) is 4.07. The molecule has 4 heteroatoms. The molecule has 89 valence electrons. The van der Waals surface area contributed by atoms with Gasteiger partial charge in [-0.25, -0.2) is 4.98 Å². The molecule has 0 saturated carbocycles. The van der Waals surface area contributed by atoms with E-state index in [1.807, 2.05) is 35.9 Å². The maximum Gasteiger partial charge on any atom is 0.161 e. The van der Waals surface area contributed by atoms with Gasteiger partial charge in [0.1, 0.15) is 12.0 Å². The summed E-state index contributed by atoms with van der Waals surface area (Å²) in [6.07, 6.45) is 4.67. The van der Waals surface area contributed by atoms with E-state index < -0.39 is 0 Å². The number of aryl methyl sites for hydroxylation is 1. The second-order valence-electron chi connectivity index (χ2n) is 3.73. The van der Waals surface area contributed by atoms with E-state index >= 15 is 0 Å². The minimum Gasteiger partial charge on any atom is -0.493 e. The zero-order valence-electron chi connectivity index (χ0n) is 10.2. The standard InChI is InChI=1S/C13H15N2O2/c1-10-14-6-7-15(10)9-11-4-5-12(16-2)13(8-11)17-3/h4-5,7-8H,9H2,1-3H3. The molecule has 0 N–H and O–H groups in total. The van der Waals surface area contributed by atoms with Gasteiger partial charge >= 0.3 is 0 Å². The Morgan fingerprint density at radius 3 is 2.59 bits per heavy atom. The predicted octanol–water partition coefficient (Wildman–Crippen LogP) is 2.06. The van der Waals surface area contributed by atoms with Crippen LogP contribution >= 0.6 is 0 Å². The van der Waals surface area contributed by atoms with Crippen molar-refractivity contribution in [3.8, 4) is 11.5 Å². The van der Waals surface area contributed by atoms with Gasteiger partial charge in [0, 0.05) is 12.7 Å². The lowest BCUT2D eigenvalue weighted by Crippen LogP contribution is -2.01. The van der Waals surface area contributed by atoms with E-state index in [9.17, 15) is 0 Å². The first kappa shape index (κ1) is 11.5. The van der Waals surface area contributed by atoms with Gasteiger partial charge in [0.15, 0.2) is 11.5 Å². The molecular formula is C13H15N2O2. The molecule has 4 nitrogen and oxygen atoms in total. The van der Waals surface area contributed by atoms with Crippen LogP contribution < -0.4 is 9.47 Å². The minimum atomic E-state index is 0.741. The molecule has 0 amide bonds. The number of hydrogen-bond donors (Lipinski definition) is 0. The Hall–Kier alpha value is -1.97. The summed E-state index contributed by atoms with van der Waals surface area (Å²) >= 11 is 0. The molecule has 1 radical (unpaired) electrons. The van der Waals surface area contributed by atoms with Crippen LogP contribution in [0, 0.1) is 13.1 Å².